The van der Waals surface area contributed by atoms with Gasteiger partial charge in [0.05, 0.1) is 11.9 Å². The van der Waals surface area contributed by atoms with Crippen LogP contribution in [0.25, 0.3) is 5.82 Å². The lowest BCUT2D eigenvalue weighted by molar-refractivity contribution is -0.116. The van der Waals surface area contributed by atoms with Crippen molar-refractivity contribution in [3.05, 3.63) is 36.8 Å². The van der Waals surface area contributed by atoms with Crippen LogP contribution in [0.5, 0.6) is 0 Å². The number of nitrogens with zero attached hydrogens (tertiary/aromatic N) is 3. The summed E-state index contributed by atoms with van der Waals surface area (Å²) in [5.41, 5.74) is 0.689. The normalized spacial score (nSPS) is 12.1. The zero-order valence-corrected chi connectivity index (χ0v) is 11.7. The fourth-order valence-corrected chi connectivity index (χ4v) is 1.91. The molecule has 2 N–H and O–H groups in total. The van der Waals surface area contributed by atoms with Gasteiger partial charge in [0.2, 0.25) is 5.91 Å². The van der Waals surface area contributed by atoms with Gasteiger partial charge in [0.25, 0.3) is 0 Å². The smallest absolute Gasteiger partial charge is 0.225 e. The minimum Gasteiger partial charge on any atom is -0.325 e. The Bertz CT molecular complexity index is 535. The molecule has 0 aliphatic rings. The number of carbonyl (C=O) groups excluding carboxylic acids is 1. The van der Waals surface area contributed by atoms with Crippen LogP contribution in [-0.4, -0.2) is 33.3 Å². The Morgan fingerprint density at radius 1 is 1.45 bits per heavy atom. The number of hydrogen-bond acceptors (Lipinski definition) is 4. The van der Waals surface area contributed by atoms with Crippen LogP contribution in [0, 0.1) is 0 Å². The van der Waals surface area contributed by atoms with Crippen molar-refractivity contribution in [3.63, 3.8) is 0 Å². The highest BCUT2D eigenvalue weighted by molar-refractivity contribution is 5.90. The molecule has 1 unspecified atom stereocenters. The van der Waals surface area contributed by atoms with E-state index in [9.17, 15) is 4.79 Å². The molecule has 0 spiro atoms. The second kappa shape index (κ2) is 6.81. The summed E-state index contributed by atoms with van der Waals surface area (Å²) in [6.07, 6.45) is 5.58. The van der Waals surface area contributed by atoms with E-state index in [-0.39, 0.29) is 11.9 Å². The molecule has 0 aliphatic carbocycles. The summed E-state index contributed by atoms with van der Waals surface area (Å²) in [6.45, 7) is 4.86. The van der Waals surface area contributed by atoms with Gasteiger partial charge >= 0.3 is 0 Å². The Morgan fingerprint density at radius 2 is 2.30 bits per heavy atom. The Labute approximate surface area is 118 Å². The molecular weight excluding hydrogens is 254 g/mol. The van der Waals surface area contributed by atoms with Gasteiger partial charge in [0.1, 0.15) is 0 Å². The van der Waals surface area contributed by atoms with Gasteiger partial charge in [-0.15, -0.1) is 0 Å². The first-order valence-corrected chi connectivity index (χ1v) is 6.68. The number of rotatable bonds is 6. The molecule has 1 amide bonds. The maximum Gasteiger partial charge on any atom is 0.225 e. The predicted octanol–water partition coefficient (Wildman–Crippen LogP) is 1.59. The molecule has 2 heterocycles. The first-order chi connectivity index (χ1) is 9.69. The first-order valence-electron chi connectivity index (χ1n) is 6.68. The van der Waals surface area contributed by atoms with Crippen LogP contribution in [0.2, 0.25) is 0 Å². The van der Waals surface area contributed by atoms with Gasteiger partial charge in [-0.3, -0.25) is 4.79 Å². The van der Waals surface area contributed by atoms with E-state index in [1.165, 1.54) is 0 Å². The molecule has 0 fully saturated rings. The molecule has 1 atom stereocenters. The van der Waals surface area contributed by atoms with Crippen molar-refractivity contribution in [2.24, 2.45) is 0 Å². The summed E-state index contributed by atoms with van der Waals surface area (Å²) >= 11 is 0. The second-order valence-corrected chi connectivity index (χ2v) is 4.57. The summed E-state index contributed by atoms with van der Waals surface area (Å²) in [4.78, 5) is 16.1. The van der Waals surface area contributed by atoms with Crippen molar-refractivity contribution in [1.29, 1.82) is 0 Å². The number of aromatic nitrogens is 3. The number of carbonyl (C=O) groups is 1. The van der Waals surface area contributed by atoms with E-state index >= 15 is 0 Å². The van der Waals surface area contributed by atoms with Crippen molar-refractivity contribution >= 4 is 11.6 Å². The highest BCUT2D eigenvalue weighted by Gasteiger charge is 2.08. The van der Waals surface area contributed by atoms with E-state index in [0.29, 0.717) is 17.9 Å². The Balaban J connectivity index is 1.92. The molecule has 0 saturated heterocycles. The van der Waals surface area contributed by atoms with Crippen molar-refractivity contribution < 1.29 is 4.79 Å². The van der Waals surface area contributed by atoms with Crippen molar-refractivity contribution in [3.8, 4) is 5.82 Å². The standard InChI is InChI=1S/C14H19N5O/c1-3-15-11(2)9-14(20)18-12-5-6-13(16-10-12)19-8-4-7-17-19/h4-8,10-11,15H,3,9H2,1-2H3,(H,18,20). The largest absolute Gasteiger partial charge is 0.325 e. The van der Waals surface area contributed by atoms with E-state index in [1.54, 1.807) is 17.1 Å². The Morgan fingerprint density at radius 3 is 2.90 bits per heavy atom. The molecule has 0 radical (unpaired) electrons. The van der Waals surface area contributed by atoms with E-state index in [1.807, 2.05) is 38.2 Å². The summed E-state index contributed by atoms with van der Waals surface area (Å²) in [6, 6.07) is 5.63. The van der Waals surface area contributed by atoms with Crippen LogP contribution >= 0.6 is 0 Å². The van der Waals surface area contributed by atoms with E-state index < -0.39 is 0 Å². The lowest BCUT2D eigenvalue weighted by atomic mass is 10.2. The monoisotopic (exact) mass is 273 g/mol. The topological polar surface area (TPSA) is 71.8 Å². The molecule has 0 aromatic carbocycles. The van der Waals surface area contributed by atoms with Gasteiger partial charge in [0.15, 0.2) is 5.82 Å². The van der Waals surface area contributed by atoms with Gasteiger partial charge in [-0.25, -0.2) is 9.67 Å². The molecule has 20 heavy (non-hydrogen) atoms. The number of pyridine rings is 1. The second-order valence-electron chi connectivity index (χ2n) is 4.57. The lowest BCUT2D eigenvalue weighted by Gasteiger charge is -2.12. The molecule has 106 valence electrons. The van der Waals surface area contributed by atoms with E-state index in [2.05, 4.69) is 20.7 Å². The quantitative estimate of drug-likeness (QED) is 0.838. The molecule has 6 heteroatoms. The molecule has 2 rings (SSSR count). The molecular formula is C14H19N5O. The predicted molar refractivity (Wildman–Crippen MR) is 77.7 cm³/mol. The van der Waals surface area contributed by atoms with Crippen LogP contribution in [0.15, 0.2) is 36.8 Å². The zero-order chi connectivity index (χ0) is 14.4. The number of anilines is 1. The Hall–Kier alpha value is -2.21. The third-order valence-corrected chi connectivity index (χ3v) is 2.81. The highest BCUT2D eigenvalue weighted by Crippen LogP contribution is 2.09. The van der Waals surface area contributed by atoms with Crippen LogP contribution in [0.3, 0.4) is 0 Å². The maximum atomic E-state index is 11.8. The summed E-state index contributed by atoms with van der Waals surface area (Å²) in [5.74, 6) is 0.695. The van der Waals surface area contributed by atoms with E-state index in [4.69, 9.17) is 0 Å². The third-order valence-electron chi connectivity index (χ3n) is 2.81. The van der Waals surface area contributed by atoms with E-state index in [0.717, 1.165) is 6.54 Å². The van der Waals surface area contributed by atoms with Crippen molar-refractivity contribution in [2.45, 2.75) is 26.3 Å². The SMILES string of the molecule is CCNC(C)CC(=O)Nc1ccc(-n2cccn2)nc1. The molecule has 0 bridgehead atoms. The number of nitrogens with one attached hydrogen (secondary N) is 2. The number of amides is 1. The minimum absolute atomic E-state index is 0.0212. The fraction of sp³-hybridized carbons (Fsp3) is 0.357. The average Bonchev–Trinajstić information content (AvgIpc) is 2.93. The first kappa shape index (κ1) is 14.2. The highest BCUT2D eigenvalue weighted by atomic mass is 16.1. The molecule has 2 aromatic rings. The molecule has 6 nitrogen and oxygen atoms in total. The summed E-state index contributed by atoms with van der Waals surface area (Å²) < 4.78 is 1.67. The maximum absolute atomic E-state index is 11.8. The zero-order valence-electron chi connectivity index (χ0n) is 11.7. The summed E-state index contributed by atoms with van der Waals surface area (Å²) in [7, 11) is 0. The van der Waals surface area contributed by atoms with Crippen molar-refractivity contribution in [1.82, 2.24) is 20.1 Å². The Kier molecular flexibility index (Phi) is 4.84. The molecule has 0 saturated carbocycles. The lowest BCUT2D eigenvalue weighted by Crippen LogP contribution is -2.30. The third kappa shape index (κ3) is 3.89. The minimum atomic E-state index is -0.0212. The summed E-state index contributed by atoms with van der Waals surface area (Å²) in [5, 5.41) is 10.1. The molecule has 0 aliphatic heterocycles. The van der Waals surface area contributed by atoms with Gasteiger partial charge in [-0.2, -0.15) is 5.10 Å². The van der Waals surface area contributed by atoms with Crippen LogP contribution in [0.1, 0.15) is 20.3 Å². The van der Waals surface area contributed by atoms with Gasteiger partial charge in [-0.05, 0) is 31.7 Å². The van der Waals surface area contributed by atoms with Crippen molar-refractivity contribution in [2.75, 3.05) is 11.9 Å². The fourth-order valence-electron chi connectivity index (χ4n) is 1.91. The van der Waals surface area contributed by atoms with Gasteiger partial charge in [-0.1, -0.05) is 6.92 Å². The van der Waals surface area contributed by atoms with Gasteiger partial charge < -0.3 is 10.6 Å². The van der Waals surface area contributed by atoms with Gasteiger partial charge in [0, 0.05) is 24.9 Å². The van der Waals surface area contributed by atoms with Crippen LogP contribution in [0.4, 0.5) is 5.69 Å². The number of hydrogen-bond donors (Lipinski definition) is 2. The van der Waals surface area contributed by atoms with Crippen LogP contribution < -0.4 is 10.6 Å². The van der Waals surface area contributed by atoms with Crippen LogP contribution in [-0.2, 0) is 4.79 Å². The molecule has 2 aromatic heterocycles. The average molecular weight is 273 g/mol.